The summed E-state index contributed by atoms with van der Waals surface area (Å²) in [7, 11) is 0. The van der Waals surface area contributed by atoms with Crippen LogP contribution < -0.4 is 5.32 Å². The van der Waals surface area contributed by atoms with Crippen LogP contribution in [0.15, 0.2) is 24.3 Å². The number of benzene rings is 1. The number of carbonyl (C=O) groups excluding carboxylic acids is 1. The average molecular weight is 279 g/mol. The van der Waals surface area contributed by atoms with E-state index in [2.05, 4.69) is 5.32 Å². The van der Waals surface area contributed by atoms with Gasteiger partial charge in [0.25, 0.3) is 0 Å². The van der Waals surface area contributed by atoms with Gasteiger partial charge in [-0.15, -0.1) is 0 Å². The third-order valence-electron chi connectivity index (χ3n) is 3.10. The van der Waals surface area contributed by atoms with Crippen LogP contribution in [-0.4, -0.2) is 29.7 Å². The van der Waals surface area contributed by atoms with E-state index < -0.39 is 11.9 Å². The first kappa shape index (κ1) is 16.2. The third-order valence-corrected chi connectivity index (χ3v) is 3.10. The number of esters is 1. The number of ether oxygens (including phenoxy) is 1. The zero-order valence-electron chi connectivity index (χ0n) is 12.1. The van der Waals surface area contributed by atoms with Crippen molar-refractivity contribution in [3.8, 4) is 0 Å². The Kier molecular flexibility index (Phi) is 6.18. The lowest BCUT2D eigenvalue weighted by molar-refractivity contribution is -0.145. The molecule has 0 amide bonds. The van der Waals surface area contributed by atoms with Gasteiger partial charge in [-0.2, -0.15) is 0 Å². The van der Waals surface area contributed by atoms with Gasteiger partial charge in [-0.3, -0.25) is 9.59 Å². The molecule has 0 aliphatic heterocycles. The van der Waals surface area contributed by atoms with E-state index >= 15 is 0 Å². The molecule has 0 aliphatic rings. The van der Waals surface area contributed by atoms with Gasteiger partial charge in [0, 0.05) is 6.54 Å². The highest BCUT2D eigenvalue weighted by Crippen LogP contribution is 2.16. The SMILES string of the molecule is CCOC(=O)C(C)NCc1ccc(C(C)C(=O)O)cc1. The first-order valence-electron chi connectivity index (χ1n) is 6.67. The van der Waals surface area contributed by atoms with Gasteiger partial charge in [0.1, 0.15) is 6.04 Å². The van der Waals surface area contributed by atoms with Crippen molar-refractivity contribution in [1.82, 2.24) is 5.32 Å². The minimum Gasteiger partial charge on any atom is -0.481 e. The van der Waals surface area contributed by atoms with Crippen LogP contribution in [0.3, 0.4) is 0 Å². The van der Waals surface area contributed by atoms with E-state index in [-0.39, 0.29) is 12.0 Å². The second-order valence-corrected chi connectivity index (χ2v) is 4.66. The highest BCUT2D eigenvalue weighted by molar-refractivity contribution is 5.75. The van der Waals surface area contributed by atoms with Gasteiger partial charge in [0.2, 0.25) is 0 Å². The van der Waals surface area contributed by atoms with Crippen molar-refractivity contribution in [2.45, 2.75) is 39.3 Å². The fourth-order valence-electron chi connectivity index (χ4n) is 1.69. The van der Waals surface area contributed by atoms with Gasteiger partial charge in [0.05, 0.1) is 12.5 Å². The van der Waals surface area contributed by atoms with Crippen LogP contribution in [0.5, 0.6) is 0 Å². The summed E-state index contributed by atoms with van der Waals surface area (Å²) in [4.78, 5) is 22.3. The average Bonchev–Trinajstić information content (AvgIpc) is 2.44. The number of rotatable bonds is 7. The lowest BCUT2D eigenvalue weighted by Crippen LogP contribution is -2.34. The summed E-state index contributed by atoms with van der Waals surface area (Å²) >= 11 is 0. The fraction of sp³-hybridized carbons (Fsp3) is 0.467. The van der Waals surface area contributed by atoms with Crippen LogP contribution in [0.4, 0.5) is 0 Å². The quantitative estimate of drug-likeness (QED) is 0.746. The number of aliphatic carboxylic acids is 1. The van der Waals surface area contributed by atoms with Crippen LogP contribution in [0.25, 0.3) is 0 Å². The van der Waals surface area contributed by atoms with E-state index in [1.807, 2.05) is 12.1 Å². The molecule has 0 bridgehead atoms. The lowest BCUT2D eigenvalue weighted by atomic mass is 10.00. The van der Waals surface area contributed by atoms with E-state index in [0.717, 1.165) is 11.1 Å². The van der Waals surface area contributed by atoms with E-state index in [0.29, 0.717) is 13.2 Å². The highest BCUT2D eigenvalue weighted by atomic mass is 16.5. The Hall–Kier alpha value is -1.88. The molecule has 1 aromatic carbocycles. The molecule has 1 aromatic rings. The molecule has 20 heavy (non-hydrogen) atoms. The molecule has 0 saturated heterocycles. The topological polar surface area (TPSA) is 75.6 Å². The van der Waals surface area contributed by atoms with Gasteiger partial charge in [-0.25, -0.2) is 0 Å². The van der Waals surface area contributed by atoms with E-state index in [4.69, 9.17) is 9.84 Å². The van der Waals surface area contributed by atoms with E-state index in [1.54, 1.807) is 32.9 Å². The number of carboxylic acids is 1. The smallest absolute Gasteiger partial charge is 0.322 e. The Balaban J connectivity index is 2.54. The normalized spacial score (nSPS) is 13.6. The van der Waals surface area contributed by atoms with Crippen LogP contribution in [0.1, 0.15) is 37.8 Å². The van der Waals surface area contributed by atoms with Crippen LogP contribution in [0, 0.1) is 0 Å². The molecule has 0 aromatic heterocycles. The maximum absolute atomic E-state index is 11.4. The van der Waals surface area contributed by atoms with Crippen molar-refractivity contribution in [1.29, 1.82) is 0 Å². The summed E-state index contributed by atoms with van der Waals surface area (Å²) in [6.45, 7) is 6.07. The van der Waals surface area contributed by atoms with Crippen LogP contribution in [0.2, 0.25) is 0 Å². The summed E-state index contributed by atoms with van der Waals surface area (Å²) in [6.07, 6.45) is 0. The monoisotopic (exact) mass is 279 g/mol. The summed E-state index contributed by atoms with van der Waals surface area (Å²) in [5, 5.41) is 12.0. The first-order chi connectivity index (χ1) is 9.45. The summed E-state index contributed by atoms with van der Waals surface area (Å²) < 4.78 is 4.90. The van der Waals surface area contributed by atoms with Gasteiger partial charge in [0.15, 0.2) is 0 Å². The number of hydrogen-bond acceptors (Lipinski definition) is 4. The largest absolute Gasteiger partial charge is 0.481 e. The maximum atomic E-state index is 11.4. The summed E-state index contributed by atoms with van der Waals surface area (Å²) in [6, 6.07) is 6.95. The lowest BCUT2D eigenvalue weighted by Gasteiger charge is -2.13. The number of nitrogens with one attached hydrogen (secondary N) is 1. The van der Waals surface area contributed by atoms with Crippen LogP contribution in [-0.2, 0) is 20.9 Å². The minimum absolute atomic E-state index is 0.274. The molecule has 0 aliphatic carbocycles. The van der Waals surface area contributed by atoms with E-state index in [9.17, 15) is 9.59 Å². The van der Waals surface area contributed by atoms with Crippen molar-refractivity contribution in [2.24, 2.45) is 0 Å². The van der Waals surface area contributed by atoms with Crippen molar-refractivity contribution in [3.05, 3.63) is 35.4 Å². The molecule has 2 N–H and O–H groups in total. The van der Waals surface area contributed by atoms with Crippen molar-refractivity contribution in [2.75, 3.05) is 6.61 Å². The highest BCUT2D eigenvalue weighted by Gasteiger charge is 2.14. The molecule has 0 fully saturated rings. The Labute approximate surface area is 118 Å². The second kappa shape index (κ2) is 7.65. The first-order valence-corrected chi connectivity index (χ1v) is 6.67. The molecule has 1 rings (SSSR count). The molecule has 0 saturated carbocycles. The zero-order chi connectivity index (χ0) is 15.1. The maximum Gasteiger partial charge on any atom is 0.322 e. The van der Waals surface area contributed by atoms with Gasteiger partial charge >= 0.3 is 11.9 Å². The zero-order valence-corrected chi connectivity index (χ0v) is 12.1. The molecule has 0 heterocycles. The Morgan fingerprint density at radius 3 is 2.35 bits per heavy atom. The van der Waals surface area contributed by atoms with E-state index in [1.165, 1.54) is 0 Å². The minimum atomic E-state index is -0.841. The second-order valence-electron chi connectivity index (χ2n) is 4.66. The molecule has 2 unspecified atom stereocenters. The molecule has 5 heteroatoms. The predicted molar refractivity (Wildman–Crippen MR) is 75.4 cm³/mol. The summed E-state index contributed by atoms with van der Waals surface area (Å²) in [5.41, 5.74) is 1.75. The molecular weight excluding hydrogens is 258 g/mol. The summed E-state index contributed by atoms with van der Waals surface area (Å²) in [5.74, 6) is -1.63. The van der Waals surface area contributed by atoms with Gasteiger partial charge in [-0.05, 0) is 31.9 Å². The van der Waals surface area contributed by atoms with Crippen molar-refractivity contribution >= 4 is 11.9 Å². The van der Waals surface area contributed by atoms with Gasteiger partial charge in [-0.1, -0.05) is 24.3 Å². The number of carboxylic acid groups (broad SMARTS) is 1. The molecule has 2 atom stereocenters. The predicted octanol–water partition coefficient (Wildman–Crippen LogP) is 1.92. The molecule has 5 nitrogen and oxygen atoms in total. The number of hydrogen-bond donors (Lipinski definition) is 2. The van der Waals surface area contributed by atoms with Crippen molar-refractivity contribution < 1.29 is 19.4 Å². The molecule has 110 valence electrons. The van der Waals surface area contributed by atoms with Gasteiger partial charge < -0.3 is 15.2 Å². The standard InChI is InChI=1S/C15H21NO4/c1-4-20-15(19)11(3)16-9-12-5-7-13(8-6-12)10(2)14(17)18/h5-8,10-11,16H,4,9H2,1-3H3,(H,17,18). The van der Waals surface area contributed by atoms with Crippen LogP contribution >= 0.6 is 0 Å². The Bertz CT molecular complexity index is 455. The molecular formula is C15H21NO4. The fourth-order valence-corrected chi connectivity index (χ4v) is 1.69. The number of carbonyl (C=O) groups is 2. The molecule has 0 radical (unpaired) electrons. The Morgan fingerprint density at radius 2 is 1.85 bits per heavy atom. The molecule has 0 spiro atoms. The Morgan fingerprint density at radius 1 is 1.25 bits per heavy atom. The van der Waals surface area contributed by atoms with Crippen molar-refractivity contribution in [3.63, 3.8) is 0 Å². The third kappa shape index (κ3) is 4.66.